The van der Waals surface area contributed by atoms with E-state index in [9.17, 15) is 13.5 Å². The van der Waals surface area contributed by atoms with Crippen LogP contribution in [0, 0.1) is 5.92 Å². The van der Waals surface area contributed by atoms with Crippen molar-refractivity contribution >= 4 is 27.2 Å². The zero-order valence-electron chi connectivity index (χ0n) is 11.9. The van der Waals surface area contributed by atoms with E-state index in [1.165, 1.54) is 10.4 Å². The van der Waals surface area contributed by atoms with Crippen molar-refractivity contribution in [3.8, 4) is 0 Å². The highest BCUT2D eigenvalue weighted by Crippen LogP contribution is 2.26. The molecule has 3 N–H and O–H groups in total. The summed E-state index contributed by atoms with van der Waals surface area (Å²) in [4.78, 5) is 0.392. The van der Waals surface area contributed by atoms with Gasteiger partial charge in [-0.2, -0.15) is 4.31 Å². The van der Waals surface area contributed by atoms with Gasteiger partial charge in [-0.1, -0.05) is 24.4 Å². The molecule has 2 rings (SSSR count). The Balaban J connectivity index is 2.19. The van der Waals surface area contributed by atoms with E-state index in [1.54, 1.807) is 25.1 Å². The second-order valence-corrected chi connectivity index (χ2v) is 7.75. The minimum atomic E-state index is -3.53. The number of rotatable bonds is 4. The number of hydrogen-bond acceptors (Lipinski definition) is 4. The molecule has 116 valence electrons. The number of hydrogen-bond donors (Lipinski definition) is 2. The van der Waals surface area contributed by atoms with Crippen LogP contribution >= 0.6 is 12.2 Å². The number of thiocarbonyl (C=S) groups is 1. The smallest absolute Gasteiger partial charge is 0.243 e. The molecule has 21 heavy (non-hydrogen) atoms. The van der Waals surface area contributed by atoms with Crippen molar-refractivity contribution in [1.82, 2.24) is 4.31 Å². The van der Waals surface area contributed by atoms with E-state index in [0.717, 1.165) is 0 Å². The largest absolute Gasteiger partial charge is 0.393 e. The van der Waals surface area contributed by atoms with E-state index in [1.807, 2.05) is 0 Å². The fourth-order valence-electron chi connectivity index (χ4n) is 2.56. The molecular formula is C14H20N2O3S2. The molecule has 1 aliphatic rings. The predicted octanol–water partition coefficient (Wildman–Crippen LogP) is 1.10. The van der Waals surface area contributed by atoms with Crippen molar-refractivity contribution in [2.45, 2.75) is 30.8 Å². The molecule has 1 unspecified atom stereocenters. The van der Waals surface area contributed by atoms with E-state index >= 15 is 0 Å². The Morgan fingerprint density at radius 3 is 2.57 bits per heavy atom. The third-order valence-corrected chi connectivity index (χ3v) is 6.07. The van der Waals surface area contributed by atoms with Gasteiger partial charge in [-0.25, -0.2) is 8.42 Å². The van der Waals surface area contributed by atoms with Gasteiger partial charge in [0, 0.05) is 18.7 Å². The molecule has 0 aromatic heterocycles. The van der Waals surface area contributed by atoms with Gasteiger partial charge in [0.05, 0.1) is 11.0 Å². The molecule has 1 heterocycles. The summed E-state index contributed by atoms with van der Waals surface area (Å²) in [5, 5.41) is 9.58. The number of sulfonamides is 1. The van der Waals surface area contributed by atoms with Gasteiger partial charge in [0.1, 0.15) is 4.99 Å². The van der Waals surface area contributed by atoms with Crippen LogP contribution in [0.4, 0.5) is 0 Å². The Labute approximate surface area is 130 Å². The molecule has 0 spiro atoms. The van der Waals surface area contributed by atoms with Crippen molar-refractivity contribution in [2.24, 2.45) is 11.7 Å². The Bertz CT molecular complexity index is 621. The van der Waals surface area contributed by atoms with Crippen molar-refractivity contribution in [3.63, 3.8) is 0 Å². The molecule has 5 nitrogen and oxygen atoms in total. The normalized spacial score (nSPS) is 19.3. The lowest BCUT2D eigenvalue weighted by Gasteiger charge is -2.32. The molecule has 1 saturated heterocycles. The average molecular weight is 328 g/mol. The SMILES string of the molecule is CC(O)C1CCN(S(=O)(=O)c2cccc(C(N)=S)c2)CC1. The van der Waals surface area contributed by atoms with Crippen molar-refractivity contribution in [2.75, 3.05) is 13.1 Å². The van der Waals surface area contributed by atoms with E-state index in [2.05, 4.69) is 0 Å². The van der Waals surface area contributed by atoms with E-state index in [-0.39, 0.29) is 15.8 Å². The molecule has 0 aliphatic carbocycles. The molecule has 1 aromatic rings. The summed E-state index contributed by atoms with van der Waals surface area (Å²) in [6.07, 6.45) is 0.949. The third-order valence-electron chi connectivity index (χ3n) is 3.94. The minimum Gasteiger partial charge on any atom is -0.393 e. The summed E-state index contributed by atoms with van der Waals surface area (Å²) < 4.78 is 26.7. The van der Waals surface area contributed by atoms with Crippen LogP contribution in [-0.2, 0) is 10.0 Å². The van der Waals surface area contributed by atoms with Crippen LogP contribution in [-0.4, -0.2) is 42.0 Å². The predicted molar refractivity (Wildman–Crippen MR) is 85.5 cm³/mol. The Morgan fingerprint density at radius 2 is 2.05 bits per heavy atom. The first-order valence-electron chi connectivity index (χ1n) is 6.90. The standard InChI is InChI=1S/C14H20N2O3S2/c1-10(17)11-5-7-16(8-6-11)21(18,19)13-4-2-3-12(9-13)14(15)20/h2-4,9-11,17H,5-8H2,1H3,(H2,15,20). The van der Waals surface area contributed by atoms with Crippen LogP contribution < -0.4 is 5.73 Å². The van der Waals surface area contributed by atoms with Crippen LogP contribution in [0.5, 0.6) is 0 Å². The van der Waals surface area contributed by atoms with Crippen LogP contribution in [0.3, 0.4) is 0 Å². The van der Waals surface area contributed by atoms with Gasteiger partial charge in [0.2, 0.25) is 10.0 Å². The molecule has 1 fully saturated rings. The first kappa shape index (κ1) is 16.4. The fourth-order valence-corrected chi connectivity index (χ4v) is 4.20. The highest BCUT2D eigenvalue weighted by molar-refractivity contribution is 7.89. The summed E-state index contributed by atoms with van der Waals surface area (Å²) in [5.41, 5.74) is 6.10. The quantitative estimate of drug-likeness (QED) is 0.809. The van der Waals surface area contributed by atoms with Crippen LogP contribution in [0.15, 0.2) is 29.2 Å². The summed E-state index contributed by atoms with van der Waals surface area (Å²) in [6, 6.07) is 6.40. The van der Waals surface area contributed by atoms with E-state index in [0.29, 0.717) is 31.5 Å². The van der Waals surface area contributed by atoms with Crippen molar-refractivity contribution in [3.05, 3.63) is 29.8 Å². The van der Waals surface area contributed by atoms with Crippen molar-refractivity contribution in [1.29, 1.82) is 0 Å². The van der Waals surface area contributed by atoms with Gasteiger partial charge in [0.15, 0.2) is 0 Å². The zero-order chi connectivity index (χ0) is 15.6. The highest BCUT2D eigenvalue weighted by atomic mass is 32.2. The topological polar surface area (TPSA) is 83.6 Å². The summed E-state index contributed by atoms with van der Waals surface area (Å²) in [6.45, 7) is 2.60. The highest BCUT2D eigenvalue weighted by Gasteiger charge is 2.30. The Kier molecular flexibility index (Phi) is 4.98. The maximum absolute atomic E-state index is 12.6. The summed E-state index contributed by atoms with van der Waals surface area (Å²) in [7, 11) is -3.53. The van der Waals surface area contributed by atoms with Gasteiger partial charge in [0.25, 0.3) is 0 Å². The minimum absolute atomic E-state index is 0.166. The lowest BCUT2D eigenvalue weighted by molar-refractivity contribution is 0.0912. The number of piperidine rings is 1. The summed E-state index contributed by atoms with van der Waals surface area (Å²) >= 11 is 4.89. The second-order valence-electron chi connectivity index (χ2n) is 5.37. The maximum Gasteiger partial charge on any atom is 0.243 e. The lowest BCUT2D eigenvalue weighted by atomic mass is 9.93. The summed E-state index contributed by atoms with van der Waals surface area (Å²) in [5.74, 6) is 0.166. The molecule has 7 heteroatoms. The van der Waals surface area contributed by atoms with Gasteiger partial charge < -0.3 is 10.8 Å². The van der Waals surface area contributed by atoms with Crippen LogP contribution in [0.1, 0.15) is 25.3 Å². The van der Waals surface area contributed by atoms with Crippen LogP contribution in [0.2, 0.25) is 0 Å². The molecule has 1 aromatic carbocycles. The number of nitrogens with zero attached hydrogens (tertiary/aromatic N) is 1. The monoisotopic (exact) mass is 328 g/mol. The second kappa shape index (κ2) is 6.39. The Hall–Kier alpha value is -1.02. The molecular weight excluding hydrogens is 308 g/mol. The number of benzene rings is 1. The lowest BCUT2D eigenvalue weighted by Crippen LogP contribution is -2.40. The van der Waals surface area contributed by atoms with Gasteiger partial charge in [-0.05, 0) is 37.8 Å². The van der Waals surface area contributed by atoms with Gasteiger partial charge in [-0.15, -0.1) is 0 Å². The van der Waals surface area contributed by atoms with Crippen LogP contribution in [0.25, 0.3) is 0 Å². The molecule has 0 amide bonds. The van der Waals surface area contributed by atoms with Gasteiger partial charge in [-0.3, -0.25) is 0 Å². The van der Waals surface area contributed by atoms with E-state index < -0.39 is 16.1 Å². The van der Waals surface area contributed by atoms with Gasteiger partial charge >= 0.3 is 0 Å². The number of nitrogens with two attached hydrogens (primary N) is 1. The molecule has 1 atom stereocenters. The first-order chi connectivity index (χ1) is 9.82. The number of aliphatic hydroxyl groups is 1. The van der Waals surface area contributed by atoms with E-state index in [4.69, 9.17) is 18.0 Å². The number of aliphatic hydroxyl groups excluding tert-OH is 1. The third kappa shape index (κ3) is 3.60. The maximum atomic E-state index is 12.6. The fraction of sp³-hybridized carbons (Fsp3) is 0.500. The molecule has 0 bridgehead atoms. The average Bonchev–Trinajstić information content (AvgIpc) is 2.47. The molecule has 0 radical (unpaired) electrons. The van der Waals surface area contributed by atoms with Crippen molar-refractivity contribution < 1.29 is 13.5 Å². The molecule has 1 aliphatic heterocycles. The zero-order valence-corrected chi connectivity index (χ0v) is 13.5. The first-order valence-corrected chi connectivity index (χ1v) is 8.75. The Morgan fingerprint density at radius 1 is 1.43 bits per heavy atom. The molecule has 0 saturated carbocycles.